The van der Waals surface area contributed by atoms with Gasteiger partial charge in [0.2, 0.25) is 0 Å². The van der Waals surface area contributed by atoms with Gasteiger partial charge in [0, 0.05) is 18.0 Å². The number of hydrogen-bond acceptors (Lipinski definition) is 4. The third kappa shape index (κ3) is 3.77. The van der Waals surface area contributed by atoms with Crippen molar-refractivity contribution in [3.8, 4) is 10.6 Å². The molecule has 3 rings (SSSR count). The monoisotopic (exact) mass is 351 g/mol. The molecule has 128 valence electrons. The molecule has 0 saturated carbocycles. The molecule has 4 nitrogen and oxygen atoms in total. The van der Waals surface area contributed by atoms with E-state index in [0.717, 1.165) is 21.8 Å². The lowest BCUT2D eigenvalue weighted by Gasteiger charge is -2.16. The summed E-state index contributed by atoms with van der Waals surface area (Å²) < 4.78 is 0. The number of hydrogen-bond donors (Lipinski definition) is 1. The molecule has 1 N–H and O–H groups in total. The average molecular weight is 351 g/mol. The number of rotatable bonds is 4. The van der Waals surface area contributed by atoms with Crippen LogP contribution >= 0.6 is 11.3 Å². The average Bonchev–Trinajstić information content (AvgIpc) is 2.97. The third-order valence-corrected chi connectivity index (χ3v) is 5.36. The lowest BCUT2D eigenvalue weighted by Crippen LogP contribution is -2.27. The molecule has 0 fully saturated rings. The van der Waals surface area contributed by atoms with E-state index in [1.165, 1.54) is 22.5 Å². The van der Waals surface area contributed by atoms with E-state index < -0.39 is 0 Å². The van der Waals surface area contributed by atoms with Crippen molar-refractivity contribution in [1.29, 1.82) is 0 Å². The van der Waals surface area contributed by atoms with Gasteiger partial charge in [-0.3, -0.25) is 9.78 Å². The number of nitrogens with zero attached hydrogens (tertiary/aromatic N) is 2. The van der Waals surface area contributed by atoms with Gasteiger partial charge in [0.1, 0.15) is 9.88 Å². The van der Waals surface area contributed by atoms with Crippen molar-refractivity contribution < 1.29 is 4.79 Å². The number of amides is 1. The summed E-state index contributed by atoms with van der Waals surface area (Å²) in [6.07, 6.45) is 3.49. The van der Waals surface area contributed by atoms with Gasteiger partial charge in [-0.05, 0) is 51.0 Å². The van der Waals surface area contributed by atoms with Gasteiger partial charge in [0.15, 0.2) is 0 Å². The summed E-state index contributed by atoms with van der Waals surface area (Å²) in [7, 11) is 0. The number of pyridine rings is 1. The van der Waals surface area contributed by atoms with E-state index in [-0.39, 0.29) is 11.9 Å². The fraction of sp³-hybridized carbons (Fsp3) is 0.250. The van der Waals surface area contributed by atoms with Gasteiger partial charge in [0.05, 0.1) is 11.7 Å². The van der Waals surface area contributed by atoms with Crippen molar-refractivity contribution in [2.24, 2.45) is 0 Å². The van der Waals surface area contributed by atoms with Crippen molar-refractivity contribution in [2.75, 3.05) is 0 Å². The maximum atomic E-state index is 12.7. The SMILES string of the molecule is Cc1ccc([C@@H](C)NC(=O)c2sc(-c3cccnc3)nc2C)c(C)c1. The maximum absolute atomic E-state index is 12.7. The molecule has 2 aromatic heterocycles. The number of nitrogens with one attached hydrogen (secondary N) is 1. The van der Waals surface area contributed by atoms with Crippen molar-refractivity contribution in [2.45, 2.75) is 33.7 Å². The van der Waals surface area contributed by atoms with Crippen LogP contribution in [0.25, 0.3) is 10.6 Å². The fourth-order valence-electron chi connectivity index (χ4n) is 2.87. The molecular weight excluding hydrogens is 330 g/mol. The second-order valence-electron chi connectivity index (χ2n) is 6.23. The molecule has 0 radical (unpaired) electrons. The Kier molecular flexibility index (Phi) is 4.95. The number of aryl methyl sites for hydroxylation is 3. The standard InChI is InChI=1S/C20H21N3OS/c1-12-7-8-17(13(2)10-12)14(3)22-19(24)18-15(4)23-20(25-18)16-6-5-9-21-11-16/h5-11,14H,1-4H3,(H,22,24)/t14-/m1/s1. The number of carbonyl (C=O) groups excluding carboxylic acids is 1. The van der Waals surface area contributed by atoms with E-state index in [9.17, 15) is 4.79 Å². The minimum absolute atomic E-state index is 0.0589. The van der Waals surface area contributed by atoms with Crippen LogP contribution in [0.2, 0.25) is 0 Å². The first-order valence-corrected chi connectivity index (χ1v) is 9.03. The van der Waals surface area contributed by atoms with Crippen LogP contribution in [0.5, 0.6) is 0 Å². The molecule has 0 bridgehead atoms. The summed E-state index contributed by atoms with van der Waals surface area (Å²) in [6, 6.07) is 10.0. The van der Waals surface area contributed by atoms with Gasteiger partial charge in [-0.15, -0.1) is 11.3 Å². The molecule has 0 saturated heterocycles. The minimum Gasteiger partial charge on any atom is -0.345 e. The number of carbonyl (C=O) groups is 1. The highest BCUT2D eigenvalue weighted by atomic mass is 32.1. The van der Waals surface area contributed by atoms with Crippen LogP contribution in [-0.2, 0) is 0 Å². The summed E-state index contributed by atoms with van der Waals surface area (Å²) in [5.41, 5.74) is 5.21. The fourth-order valence-corrected chi connectivity index (χ4v) is 3.83. The molecular formula is C20H21N3OS. The Labute approximate surface area is 152 Å². The second kappa shape index (κ2) is 7.15. The highest BCUT2D eigenvalue weighted by Gasteiger charge is 2.19. The zero-order chi connectivity index (χ0) is 18.0. The predicted octanol–water partition coefficient (Wildman–Crippen LogP) is 4.62. The Hall–Kier alpha value is -2.53. The zero-order valence-electron chi connectivity index (χ0n) is 14.8. The van der Waals surface area contributed by atoms with Crippen LogP contribution in [0, 0.1) is 20.8 Å². The van der Waals surface area contributed by atoms with E-state index >= 15 is 0 Å². The summed E-state index contributed by atoms with van der Waals surface area (Å²) in [4.78, 5) is 22.0. The number of benzene rings is 1. The Bertz CT molecular complexity index is 903. The molecule has 1 aromatic carbocycles. The van der Waals surface area contributed by atoms with Crippen LogP contribution in [0.1, 0.15) is 45.0 Å². The molecule has 1 atom stereocenters. The van der Waals surface area contributed by atoms with Gasteiger partial charge in [-0.2, -0.15) is 0 Å². The second-order valence-corrected chi connectivity index (χ2v) is 7.23. The lowest BCUT2D eigenvalue weighted by molar-refractivity contribution is 0.0943. The van der Waals surface area contributed by atoms with E-state index in [4.69, 9.17) is 0 Å². The molecule has 0 spiro atoms. The normalized spacial score (nSPS) is 12.0. The van der Waals surface area contributed by atoms with Crippen LogP contribution in [0.4, 0.5) is 0 Å². The first kappa shape index (κ1) is 17.3. The lowest BCUT2D eigenvalue weighted by atomic mass is 10.0. The van der Waals surface area contributed by atoms with E-state index in [0.29, 0.717) is 4.88 Å². The van der Waals surface area contributed by atoms with Crippen LogP contribution in [-0.4, -0.2) is 15.9 Å². The van der Waals surface area contributed by atoms with Crippen LogP contribution in [0.15, 0.2) is 42.7 Å². The molecule has 0 aliphatic carbocycles. The molecule has 5 heteroatoms. The Morgan fingerprint density at radius 2 is 2.00 bits per heavy atom. The van der Waals surface area contributed by atoms with E-state index in [2.05, 4.69) is 47.3 Å². The molecule has 0 aliphatic rings. The quantitative estimate of drug-likeness (QED) is 0.746. The summed E-state index contributed by atoms with van der Waals surface area (Å²) in [5, 5.41) is 3.91. The Morgan fingerprint density at radius 1 is 1.20 bits per heavy atom. The van der Waals surface area contributed by atoms with Gasteiger partial charge < -0.3 is 5.32 Å². The molecule has 3 aromatic rings. The van der Waals surface area contributed by atoms with Crippen molar-refractivity contribution in [3.63, 3.8) is 0 Å². The van der Waals surface area contributed by atoms with Gasteiger partial charge >= 0.3 is 0 Å². The van der Waals surface area contributed by atoms with Crippen LogP contribution < -0.4 is 5.32 Å². The number of thiazole rings is 1. The van der Waals surface area contributed by atoms with Gasteiger partial charge in [0.25, 0.3) is 5.91 Å². The maximum Gasteiger partial charge on any atom is 0.263 e. The predicted molar refractivity (Wildman–Crippen MR) is 102 cm³/mol. The largest absolute Gasteiger partial charge is 0.345 e. The highest BCUT2D eigenvalue weighted by molar-refractivity contribution is 7.17. The summed E-state index contributed by atoms with van der Waals surface area (Å²) in [6.45, 7) is 8.02. The number of aromatic nitrogens is 2. The summed E-state index contributed by atoms with van der Waals surface area (Å²) in [5.74, 6) is -0.0855. The smallest absolute Gasteiger partial charge is 0.263 e. The minimum atomic E-state index is -0.0855. The Morgan fingerprint density at radius 3 is 2.68 bits per heavy atom. The zero-order valence-corrected chi connectivity index (χ0v) is 15.6. The van der Waals surface area contributed by atoms with Crippen molar-refractivity contribution >= 4 is 17.2 Å². The van der Waals surface area contributed by atoms with Gasteiger partial charge in [-0.25, -0.2) is 4.98 Å². The van der Waals surface area contributed by atoms with Gasteiger partial charge in [-0.1, -0.05) is 23.8 Å². The summed E-state index contributed by atoms with van der Waals surface area (Å²) >= 11 is 1.40. The molecule has 25 heavy (non-hydrogen) atoms. The molecule has 2 heterocycles. The first-order chi connectivity index (χ1) is 12.0. The third-order valence-electron chi connectivity index (χ3n) is 4.15. The van der Waals surface area contributed by atoms with E-state index in [1.807, 2.05) is 26.0 Å². The highest BCUT2D eigenvalue weighted by Crippen LogP contribution is 2.28. The van der Waals surface area contributed by atoms with E-state index in [1.54, 1.807) is 12.4 Å². The van der Waals surface area contributed by atoms with Crippen molar-refractivity contribution in [3.05, 3.63) is 70.0 Å². The van der Waals surface area contributed by atoms with Crippen molar-refractivity contribution in [1.82, 2.24) is 15.3 Å². The Balaban J connectivity index is 1.80. The topological polar surface area (TPSA) is 54.9 Å². The molecule has 1 amide bonds. The first-order valence-electron chi connectivity index (χ1n) is 8.21. The van der Waals surface area contributed by atoms with Crippen LogP contribution in [0.3, 0.4) is 0 Å². The molecule has 0 unspecified atom stereocenters. The molecule has 0 aliphatic heterocycles.